The van der Waals surface area contributed by atoms with Gasteiger partial charge in [-0.15, -0.1) is 0 Å². The minimum absolute atomic E-state index is 0.130. The highest BCUT2D eigenvalue weighted by Gasteiger charge is 2.27. The maximum absolute atomic E-state index is 13.1. The van der Waals surface area contributed by atoms with Gasteiger partial charge in [0, 0.05) is 32.7 Å². The highest BCUT2D eigenvalue weighted by atomic mass is 32.2. The van der Waals surface area contributed by atoms with Gasteiger partial charge in [-0.25, -0.2) is 13.4 Å². The second-order valence-corrected chi connectivity index (χ2v) is 11.7. The lowest BCUT2D eigenvalue weighted by Gasteiger charge is -2.31. The molecule has 2 heterocycles. The van der Waals surface area contributed by atoms with Crippen molar-refractivity contribution in [2.24, 2.45) is 0 Å². The largest absolute Gasteiger partial charge is 0.342 e. The van der Waals surface area contributed by atoms with E-state index in [9.17, 15) is 13.2 Å². The molecule has 32 heavy (non-hydrogen) atoms. The van der Waals surface area contributed by atoms with Crippen LogP contribution in [0.5, 0.6) is 0 Å². The van der Waals surface area contributed by atoms with Gasteiger partial charge >= 0.3 is 0 Å². The van der Waals surface area contributed by atoms with Crippen molar-refractivity contribution in [2.75, 3.05) is 25.9 Å². The molecule has 2 aromatic rings. The molecule has 4 rings (SSSR count). The van der Waals surface area contributed by atoms with Crippen molar-refractivity contribution in [1.82, 2.24) is 18.8 Å². The molecule has 1 saturated carbocycles. The molecule has 0 unspecified atom stereocenters. The Bertz CT molecular complexity index is 1050. The van der Waals surface area contributed by atoms with Gasteiger partial charge in [-0.3, -0.25) is 4.79 Å². The minimum atomic E-state index is -3.50. The van der Waals surface area contributed by atoms with Crippen LogP contribution in [0, 0.1) is 0 Å². The number of fused-ring (bicyclic) bond motifs is 1. The van der Waals surface area contributed by atoms with Gasteiger partial charge in [0.15, 0.2) is 5.16 Å². The summed E-state index contributed by atoms with van der Waals surface area (Å²) in [6.45, 7) is 3.92. The Morgan fingerprint density at radius 2 is 1.81 bits per heavy atom. The Morgan fingerprint density at radius 3 is 2.50 bits per heavy atom. The summed E-state index contributed by atoms with van der Waals surface area (Å²) in [5.41, 5.74) is 1.57. The Kier molecular flexibility index (Phi) is 7.47. The van der Waals surface area contributed by atoms with Crippen molar-refractivity contribution >= 4 is 38.7 Å². The summed E-state index contributed by atoms with van der Waals surface area (Å²) in [6.07, 6.45) is 8.76. The van der Waals surface area contributed by atoms with E-state index in [2.05, 4.69) is 4.57 Å². The number of amides is 1. The zero-order valence-electron chi connectivity index (χ0n) is 19.1. The van der Waals surface area contributed by atoms with E-state index >= 15 is 0 Å². The summed E-state index contributed by atoms with van der Waals surface area (Å²) in [7, 11) is -1.58. The Labute approximate surface area is 195 Å². The summed E-state index contributed by atoms with van der Waals surface area (Å²) in [5.74, 6) is 0.472. The van der Waals surface area contributed by atoms with E-state index in [-0.39, 0.29) is 5.91 Å². The SMILES string of the molecule is CCn1c(SCC(=O)N(C)C2CCCCC2)nc2cc(S(=O)(=O)N3CCCCC3)ccc21. The standard InChI is InChI=1S/C23H34N4O3S2/c1-3-27-21-13-12-19(32(29,30)26-14-8-5-9-15-26)16-20(21)24-23(27)31-17-22(28)25(2)18-10-6-4-7-11-18/h12-13,16,18H,3-11,14-15,17H2,1-2H3. The number of benzene rings is 1. The molecule has 1 aromatic carbocycles. The van der Waals surface area contributed by atoms with Crippen molar-refractivity contribution in [1.29, 1.82) is 0 Å². The fraction of sp³-hybridized carbons (Fsp3) is 0.652. The summed E-state index contributed by atoms with van der Waals surface area (Å²) in [5, 5.41) is 0.764. The van der Waals surface area contributed by atoms with Gasteiger partial charge < -0.3 is 9.47 Å². The van der Waals surface area contributed by atoms with Crippen LogP contribution in [0.2, 0.25) is 0 Å². The molecule has 0 N–H and O–H groups in total. The zero-order valence-corrected chi connectivity index (χ0v) is 20.8. The maximum atomic E-state index is 13.1. The average Bonchev–Trinajstić information content (AvgIpc) is 3.19. The van der Waals surface area contributed by atoms with E-state index < -0.39 is 10.0 Å². The van der Waals surface area contributed by atoms with Crippen molar-refractivity contribution < 1.29 is 13.2 Å². The van der Waals surface area contributed by atoms with Crippen LogP contribution >= 0.6 is 11.8 Å². The van der Waals surface area contributed by atoms with E-state index in [1.807, 2.05) is 24.9 Å². The summed E-state index contributed by atoms with van der Waals surface area (Å²) >= 11 is 1.44. The molecule has 0 atom stereocenters. The van der Waals surface area contributed by atoms with E-state index in [1.165, 1.54) is 31.0 Å². The van der Waals surface area contributed by atoms with E-state index in [4.69, 9.17) is 4.98 Å². The molecule has 0 bridgehead atoms. The molecule has 0 radical (unpaired) electrons. The highest BCUT2D eigenvalue weighted by molar-refractivity contribution is 7.99. The van der Waals surface area contributed by atoms with Gasteiger partial charge in [0.05, 0.1) is 21.7 Å². The van der Waals surface area contributed by atoms with E-state index in [0.717, 1.165) is 42.8 Å². The van der Waals surface area contributed by atoms with Gasteiger partial charge in [0.2, 0.25) is 15.9 Å². The molecule has 1 aliphatic heterocycles. The molecule has 1 aliphatic carbocycles. The van der Waals surface area contributed by atoms with Crippen molar-refractivity contribution in [3.63, 3.8) is 0 Å². The molecular formula is C23H34N4O3S2. The highest BCUT2D eigenvalue weighted by Crippen LogP contribution is 2.29. The van der Waals surface area contributed by atoms with E-state index in [0.29, 0.717) is 41.8 Å². The number of hydrogen-bond donors (Lipinski definition) is 0. The summed E-state index contributed by atoms with van der Waals surface area (Å²) in [4.78, 5) is 19.7. The lowest BCUT2D eigenvalue weighted by atomic mass is 9.94. The first-order valence-electron chi connectivity index (χ1n) is 11.8. The van der Waals surface area contributed by atoms with Crippen molar-refractivity contribution in [3.05, 3.63) is 18.2 Å². The Balaban J connectivity index is 1.51. The number of imidazole rings is 1. The second kappa shape index (κ2) is 10.1. The van der Waals surface area contributed by atoms with Gasteiger partial charge in [-0.2, -0.15) is 4.31 Å². The van der Waals surface area contributed by atoms with Crippen molar-refractivity contribution in [3.8, 4) is 0 Å². The molecular weight excluding hydrogens is 444 g/mol. The Morgan fingerprint density at radius 1 is 1.12 bits per heavy atom. The molecule has 0 spiro atoms. The number of rotatable bonds is 7. The zero-order chi connectivity index (χ0) is 22.7. The topological polar surface area (TPSA) is 75.5 Å². The summed E-state index contributed by atoms with van der Waals surface area (Å²) in [6, 6.07) is 5.58. The normalized spacial score (nSPS) is 18.8. The maximum Gasteiger partial charge on any atom is 0.243 e. The number of piperidine rings is 1. The number of carbonyl (C=O) groups excluding carboxylic acids is 1. The van der Waals surface area contributed by atoms with Crippen LogP contribution in [0.15, 0.2) is 28.3 Å². The first-order chi connectivity index (χ1) is 15.4. The molecule has 2 aliphatic rings. The predicted octanol–water partition coefficient (Wildman–Crippen LogP) is 4.11. The van der Waals surface area contributed by atoms with Crippen LogP contribution < -0.4 is 0 Å². The number of aryl methyl sites for hydroxylation is 1. The monoisotopic (exact) mass is 478 g/mol. The quantitative estimate of drug-likeness (QED) is 0.560. The predicted molar refractivity (Wildman–Crippen MR) is 128 cm³/mol. The number of nitrogens with zero attached hydrogens (tertiary/aromatic N) is 4. The Hall–Kier alpha value is -1.58. The third-order valence-electron chi connectivity index (χ3n) is 6.79. The number of hydrogen-bond acceptors (Lipinski definition) is 5. The number of sulfonamides is 1. The van der Waals surface area contributed by atoms with Gasteiger partial charge in [0.25, 0.3) is 0 Å². The number of thioether (sulfide) groups is 1. The summed E-state index contributed by atoms with van der Waals surface area (Å²) < 4.78 is 29.8. The first-order valence-corrected chi connectivity index (χ1v) is 14.2. The van der Waals surface area contributed by atoms with Crippen LogP contribution in [0.1, 0.15) is 58.3 Å². The fourth-order valence-electron chi connectivity index (χ4n) is 4.82. The molecule has 2 fully saturated rings. The average molecular weight is 479 g/mol. The van der Waals surface area contributed by atoms with E-state index in [1.54, 1.807) is 16.4 Å². The van der Waals surface area contributed by atoms with Crippen LogP contribution in [0.4, 0.5) is 0 Å². The van der Waals surface area contributed by atoms with Crippen LogP contribution in [0.3, 0.4) is 0 Å². The van der Waals surface area contributed by atoms with Gasteiger partial charge in [-0.05, 0) is 50.8 Å². The van der Waals surface area contributed by atoms with Crippen LogP contribution in [0.25, 0.3) is 11.0 Å². The van der Waals surface area contributed by atoms with Crippen molar-refractivity contribution in [2.45, 2.75) is 80.9 Å². The van der Waals surface area contributed by atoms with Gasteiger partial charge in [0.1, 0.15) is 0 Å². The lowest BCUT2D eigenvalue weighted by molar-refractivity contribution is -0.129. The van der Waals surface area contributed by atoms with Crippen LogP contribution in [-0.2, 0) is 21.4 Å². The molecule has 1 aromatic heterocycles. The minimum Gasteiger partial charge on any atom is -0.342 e. The molecule has 7 nitrogen and oxygen atoms in total. The molecule has 176 valence electrons. The first kappa shape index (κ1) is 23.6. The fourth-order valence-corrected chi connectivity index (χ4v) is 7.36. The molecule has 1 amide bonds. The third kappa shape index (κ3) is 4.84. The van der Waals surface area contributed by atoms with Crippen LogP contribution in [-0.4, -0.2) is 65.0 Å². The molecule has 1 saturated heterocycles. The lowest BCUT2D eigenvalue weighted by Crippen LogP contribution is -2.39. The number of aromatic nitrogens is 2. The van der Waals surface area contributed by atoms with Gasteiger partial charge in [-0.1, -0.05) is 37.4 Å². The smallest absolute Gasteiger partial charge is 0.243 e. The second-order valence-electron chi connectivity index (χ2n) is 8.84. The third-order valence-corrected chi connectivity index (χ3v) is 9.65. The molecule has 9 heteroatoms. The number of carbonyl (C=O) groups is 1.